The van der Waals surface area contributed by atoms with Crippen LogP contribution in [-0.4, -0.2) is 65.9 Å². The van der Waals surface area contributed by atoms with E-state index in [2.05, 4.69) is 9.88 Å². The fourth-order valence-electron chi connectivity index (χ4n) is 5.07. The lowest BCUT2D eigenvalue weighted by Crippen LogP contribution is -2.49. The summed E-state index contributed by atoms with van der Waals surface area (Å²) >= 11 is 0. The van der Waals surface area contributed by atoms with Crippen molar-refractivity contribution >= 4 is 22.6 Å². The number of para-hydroxylation sites is 1. The molecule has 2 fully saturated rings. The first-order chi connectivity index (χ1) is 15.7. The second kappa shape index (κ2) is 9.27. The molecule has 6 nitrogen and oxygen atoms in total. The first-order valence-corrected chi connectivity index (χ1v) is 11.5. The van der Waals surface area contributed by atoms with Gasteiger partial charge in [0.2, 0.25) is 5.91 Å². The van der Waals surface area contributed by atoms with E-state index in [9.17, 15) is 9.59 Å². The number of likely N-dealkylation sites (tertiary alicyclic amines) is 1. The van der Waals surface area contributed by atoms with E-state index in [-0.39, 0.29) is 17.6 Å². The lowest BCUT2D eigenvalue weighted by molar-refractivity contribution is -0.141. The Hall–Kier alpha value is -2.96. The zero-order valence-corrected chi connectivity index (χ0v) is 18.2. The molecule has 0 aliphatic carbocycles. The molecule has 0 spiro atoms. The van der Waals surface area contributed by atoms with Crippen molar-refractivity contribution in [3.05, 3.63) is 71.9 Å². The van der Waals surface area contributed by atoms with E-state index in [0.29, 0.717) is 38.4 Å². The molecule has 5 rings (SSSR count). The summed E-state index contributed by atoms with van der Waals surface area (Å²) in [7, 11) is 0. The molecule has 2 aliphatic heterocycles. The van der Waals surface area contributed by atoms with Gasteiger partial charge in [-0.2, -0.15) is 0 Å². The molecular weight excluding hydrogens is 402 g/mol. The van der Waals surface area contributed by atoms with Crippen LogP contribution in [0.25, 0.3) is 10.9 Å². The van der Waals surface area contributed by atoms with Crippen LogP contribution in [0.4, 0.5) is 0 Å². The molecule has 2 atom stereocenters. The summed E-state index contributed by atoms with van der Waals surface area (Å²) in [4.78, 5) is 34.5. The van der Waals surface area contributed by atoms with Gasteiger partial charge in [-0.15, -0.1) is 0 Å². The number of carbonyl (C=O) groups excluding carboxylic acids is 2. The fraction of sp³-hybridized carbons (Fsp3) is 0.385. The summed E-state index contributed by atoms with van der Waals surface area (Å²) in [6.45, 7) is 3.93. The van der Waals surface area contributed by atoms with Gasteiger partial charge in [-0.3, -0.25) is 14.5 Å². The number of hydrogen-bond donors (Lipinski definition) is 1. The SMILES string of the molecule is O=C(c1c[nH]c2ccccc12)C(c1ccccc1)N1CCCC(C(=O)N2CCOCC2)C1. The molecule has 0 radical (unpaired) electrons. The number of amides is 1. The largest absolute Gasteiger partial charge is 0.378 e. The smallest absolute Gasteiger partial charge is 0.227 e. The number of nitrogens with zero attached hydrogens (tertiary/aromatic N) is 2. The van der Waals surface area contributed by atoms with Crippen LogP contribution in [-0.2, 0) is 9.53 Å². The zero-order chi connectivity index (χ0) is 21.9. The van der Waals surface area contributed by atoms with E-state index in [1.54, 1.807) is 0 Å². The van der Waals surface area contributed by atoms with Crippen molar-refractivity contribution in [1.29, 1.82) is 0 Å². The van der Waals surface area contributed by atoms with Crippen molar-refractivity contribution in [2.24, 2.45) is 5.92 Å². The van der Waals surface area contributed by atoms with Gasteiger partial charge in [-0.25, -0.2) is 0 Å². The van der Waals surface area contributed by atoms with Gasteiger partial charge in [-0.05, 0) is 31.0 Å². The molecule has 2 aromatic carbocycles. The minimum atomic E-state index is -0.407. The van der Waals surface area contributed by atoms with Gasteiger partial charge in [0.15, 0.2) is 5.78 Å². The Morgan fingerprint density at radius 3 is 2.53 bits per heavy atom. The minimum absolute atomic E-state index is 0.0770. The molecule has 166 valence electrons. The van der Waals surface area contributed by atoms with Crippen LogP contribution < -0.4 is 0 Å². The maximum absolute atomic E-state index is 13.9. The number of carbonyl (C=O) groups is 2. The van der Waals surface area contributed by atoms with Gasteiger partial charge in [0.05, 0.1) is 25.2 Å². The first-order valence-electron chi connectivity index (χ1n) is 11.5. The molecule has 1 N–H and O–H groups in total. The normalized spacial score (nSPS) is 20.9. The van der Waals surface area contributed by atoms with Crippen LogP contribution in [0.1, 0.15) is 34.8 Å². The molecule has 0 bridgehead atoms. The average molecular weight is 432 g/mol. The van der Waals surface area contributed by atoms with Crippen LogP contribution in [0.5, 0.6) is 0 Å². The van der Waals surface area contributed by atoms with E-state index in [1.165, 1.54) is 0 Å². The molecular formula is C26H29N3O3. The number of nitrogens with one attached hydrogen (secondary N) is 1. The Kier molecular flexibility index (Phi) is 6.06. The Bertz CT molecular complexity index is 1090. The standard InChI is InChI=1S/C26H29N3O3/c30-25(22-17-27-23-11-5-4-10-21(22)23)24(19-7-2-1-3-8-19)29-12-6-9-20(18-29)26(31)28-13-15-32-16-14-28/h1-5,7-8,10-11,17,20,24,27H,6,9,12-16,18H2. The van der Waals surface area contributed by atoms with Gasteiger partial charge < -0.3 is 14.6 Å². The monoisotopic (exact) mass is 431 g/mol. The number of ketones is 1. The Balaban J connectivity index is 1.44. The van der Waals surface area contributed by atoms with Gasteiger partial charge in [0, 0.05) is 42.3 Å². The predicted molar refractivity (Wildman–Crippen MR) is 124 cm³/mol. The van der Waals surface area contributed by atoms with Gasteiger partial charge >= 0.3 is 0 Å². The van der Waals surface area contributed by atoms with Crippen LogP contribution in [0.3, 0.4) is 0 Å². The second-order valence-electron chi connectivity index (χ2n) is 8.70. The van der Waals surface area contributed by atoms with Crippen molar-refractivity contribution in [2.45, 2.75) is 18.9 Å². The molecule has 6 heteroatoms. The highest BCUT2D eigenvalue weighted by Crippen LogP contribution is 2.32. The maximum Gasteiger partial charge on any atom is 0.227 e. The predicted octanol–water partition coefficient (Wildman–Crippen LogP) is 3.66. The summed E-state index contributed by atoms with van der Waals surface area (Å²) < 4.78 is 5.41. The Morgan fingerprint density at radius 2 is 1.72 bits per heavy atom. The minimum Gasteiger partial charge on any atom is -0.378 e. The van der Waals surface area contributed by atoms with Crippen LogP contribution in [0.2, 0.25) is 0 Å². The molecule has 1 aromatic heterocycles. The van der Waals surface area contributed by atoms with Gasteiger partial charge in [0.1, 0.15) is 0 Å². The van der Waals surface area contributed by atoms with Crippen LogP contribution in [0.15, 0.2) is 60.8 Å². The number of aromatic amines is 1. The van der Waals surface area contributed by atoms with Crippen LogP contribution >= 0.6 is 0 Å². The summed E-state index contributed by atoms with van der Waals surface area (Å²) in [5.41, 5.74) is 2.64. The third kappa shape index (κ3) is 4.08. The van der Waals surface area contributed by atoms with Crippen LogP contribution in [0, 0.1) is 5.92 Å². The molecule has 2 saturated heterocycles. The van der Waals surface area contributed by atoms with Crippen molar-refractivity contribution in [1.82, 2.24) is 14.8 Å². The third-order valence-corrected chi connectivity index (χ3v) is 6.71. The third-order valence-electron chi connectivity index (χ3n) is 6.71. The van der Waals surface area contributed by atoms with E-state index in [0.717, 1.165) is 35.9 Å². The number of aromatic nitrogens is 1. The number of Topliss-reactive ketones (excluding diaryl/α,β-unsaturated/α-hetero) is 1. The molecule has 3 heterocycles. The topological polar surface area (TPSA) is 65.6 Å². The fourth-order valence-corrected chi connectivity index (χ4v) is 5.07. The zero-order valence-electron chi connectivity index (χ0n) is 18.2. The highest BCUT2D eigenvalue weighted by Gasteiger charge is 2.36. The molecule has 3 aromatic rings. The number of H-pyrrole nitrogens is 1. The van der Waals surface area contributed by atoms with E-state index >= 15 is 0 Å². The number of morpholine rings is 1. The maximum atomic E-state index is 13.9. The lowest BCUT2D eigenvalue weighted by Gasteiger charge is -2.39. The van der Waals surface area contributed by atoms with Gasteiger partial charge in [-0.1, -0.05) is 48.5 Å². The highest BCUT2D eigenvalue weighted by molar-refractivity contribution is 6.10. The summed E-state index contributed by atoms with van der Waals surface area (Å²) in [5.74, 6) is 0.196. The van der Waals surface area contributed by atoms with Crippen molar-refractivity contribution in [3.8, 4) is 0 Å². The number of piperidine rings is 1. The number of ether oxygens (including phenoxy) is 1. The summed E-state index contributed by atoms with van der Waals surface area (Å²) in [6.07, 6.45) is 3.60. The van der Waals surface area contributed by atoms with Crippen molar-refractivity contribution in [2.75, 3.05) is 39.4 Å². The summed E-state index contributed by atoms with van der Waals surface area (Å²) in [5, 5.41) is 0.941. The molecule has 2 aliphatic rings. The number of rotatable bonds is 5. The molecule has 32 heavy (non-hydrogen) atoms. The number of benzene rings is 2. The first kappa shape index (κ1) is 20.9. The molecule has 0 saturated carbocycles. The summed E-state index contributed by atoms with van der Waals surface area (Å²) in [6, 6.07) is 17.5. The van der Waals surface area contributed by atoms with E-state index in [4.69, 9.17) is 4.74 Å². The highest BCUT2D eigenvalue weighted by atomic mass is 16.5. The average Bonchev–Trinajstić information content (AvgIpc) is 3.29. The molecule has 1 amide bonds. The Morgan fingerprint density at radius 1 is 0.969 bits per heavy atom. The van der Waals surface area contributed by atoms with Crippen molar-refractivity contribution < 1.29 is 14.3 Å². The van der Waals surface area contributed by atoms with E-state index < -0.39 is 6.04 Å². The molecule has 2 unspecified atom stereocenters. The Labute approximate surface area is 188 Å². The second-order valence-corrected chi connectivity index (χ2v) is 8.70. The van der Waals surface area contributed by atoms with E-state index in [1.807, 2.05) is 65.7 Å². The number of fused-ring (bicyclic) bond motifs is 1. The number of hydrogen-bond acceptors (Lipinski definition) is 4. The lowest BCUT2D eigenvalue weighted by atomic mass is 9.90. The van der Waals surface area contributed by atoms with Crippen molar-refractivity contribution in [3.63, 3.8) is 0 Å². The van der Waals surface area contributed by atoms with Gasteiger partial charge in [0.25, 0.3) is 0 Å². The quantitative estimate of drug-likeness (QED) is 0.626.